The van der Waals surface area contributed by atoms with Crippen molar-refractivity contribution in [1.82, 2.24) is 15.2 Å². The van der Waals surface area contributed by atoms with Gasteiger partial charge in [-0.2, -0.15) is 0 Å². The molecule has 160 valence electrons. The lowest BCUT2D eigenvalue weighted by Gasteiger charge is -2.29. The Morgan fingerprint density at radius 1 is 1.00 bits per heavy atom. The number of halogens is 1. The first-order chi connectivity index (χ1) is 15.5. The molecular formula is C24H18FN3O4. The normalized spacial score (nSPS) is 17.9. The SMILES string of the molecule is O=C1NC(=O)C(Cn2cc3ccc(F)cc3c2O)(c2ccccc2Oc2ccccc2)N1. The zero-order valence-corrected chi connectivity index (χ0v) is 16.7. The van der Waals surface area contributed by atoms with E-state index in [1.54, 1.807) is 42.6 Å². The summed E-state index contributed by atoms with van der Waals surface area (Å²) in [7, 11) is 0. The van der Waals surface area contributed by atoms with Gasteiger partial charge in [-0.05, 0) is 36.4 Å². The molecule has 1 atom stereocenters. The number of aromatic nitrogens is 1. The highest BCUT2D eigenvalue weighted by atomic mass is 19.1. The molecule has 1 saturated heterocycles. The van der Waals surface area contributed by atoms with E-state index in [-0.39, 0.29) is 12.4 Å². The molecule has 7 nitrogen and oxygen atoms in total. The summed E-state index contributed by atoms with van der Waals surface area (Å²) in [4.78, 5) is 25.3. The quantitative estimate of drug-likeness (QED) is 0.416. The fraction of sp³-hybridized carbons (Fsp3) is 0.0833. The molecule has 1 aliphatic heterocycles. The largest absolute Gasteiger partial charge is 0.494 e. The topological polar surface area (TPSA) is 92.6 Å². The number of carbonyl (C=O) groups is 2. The van der Waals surface area contributed by atoms with E-state index in [0.717, 1.165) is 0 Å². The van der Waals surface area contributed by atoms with E-state index in [0.29, 0.717) is 27.8 Å². The number of amides is 3. The molecule has 3 aromatic carbocycles. The van der Waals surface area contributed by atoms with Crippen molar-refractivity contribution < 1.29 is 23.8 Å². The van der Waals surface area contributed by atoms with Gasteiger partial charge in [-0.15, -0.1) is 0 Å². The molecule has 3 N–H and O–H groups in total. The number of urea groups is 1. The molecule has 1 aliphatic rings. The van der Waals surface area contributed by atoms with Gasteiger partial charge in [-0.25, -0.2) is 9.18 Å². The molecule has 1 aromatic heterocycles. The Balaban J connectivity index is 1.63. The van der Waals surface area contributed by atoms with Gasteiger partial charge in [0.25, 0.3) is 5.91 Å². The van der Waals surface area contributed by atoms with Gasteiger partial charge >= 0.3 is 6.03 Å². The van der Waals surface area contributed by atoms with Crippen molar-refractivity contribution in [1.29, 1.82) is 0 Å². The number of ether oxygens (including phenoxy) is 1. The highest BCUT2D eigenvalue weighted by molar-refractivity contribution is 6.07. The number of rotatable bonds is 5. The van der Waals surface area contributed by atoms with Gasteiger partial charge in [0.15, 0.2) is 11.4 Å². The van der Waals surface area contributed by atoms with Gasteiger partial charge in [0.05, 0.1) is 6.54 Å². The number of hydrogen-bond acceptors (Lipinski definition) is 4. The van der Waals surface area contributed by atoms with Crippen LogP contribution in [0.25, 0.3) is 10.8 Å². The van der Waals surface area contributed by atoms with E-state index in [4.69, 9.17) is 4.74 Å². The van der Waals surface area contributed by atoms with Crippen LogP contribution in [0.2, 0.25) is 0 Å². The maximum absolute atomic E-state index is 13.7. The van der Waals surface area contributed by atoms with Crippen molar-refractivity contribution in [3.05, 3.63) is 90.4 Å². The molecule has 8 heteroatoms. The summed E-state index contributed by atoms with van der Waals surface area (Å²) in [6, 6.07) is 19.3. The van der Waals surface area contributed by atoms with Crippen LogP contribution in [0.5, 0.6) is 17.4 Å². The van der Waals surface area contributed by atoms with Crippen LogP contribution in [-0.4, -0.2) is 21.6 Å². The fourth-order valence-corrected chi connectivity index (χ4v) is 4.00. The molecule has 1 unspecified atom stereocenters. The van der Waals surface area contributed by atoms with Crippen molar-refractivity contribution in [3.8, 4) is 17.4 Å². The number of para-hydroxylation sites is 2. The van der Waals surface area contributed by atoms with Crippen LogP contribution < -0.4 is 15.4 Å². The van der Waals surface area contributed by atoms with Crippen molar-refractivity contribution in [2.75, 3.05) is 0 Å². The Morgan fingerprint density at radius 2 is 1.75 bits per heavy atom. The van der Waals surface area contributed by atoms with Gasteiger partial charge in [0.1, 0.15) is 17.3 Å². The predicted octanol–water partition coefficient (Wildman–Crippen LogP) is 4.01. The molecule has 0 radical (unpaired) electrons. The highest BCUT2D eigenvalue weighted by Crippen LogP contribution is 2.38. The number of carbonyl (C=O) groups excluding carboxylic acids is 2. The second-order valence-electron chi connectivity index (χ2n) is 7.54. The smallest absolute Gasteiger partial charge is 0.322 e. The maximum atomic E-state index is 13.7. The second kappa shape index (κ2) is 7.42. The molecule has 2 heterocycles. The molecular weight excluding hydrogens is 413 g/mol. The number of benzene rings is 3. The Morgan fingerprint density at radius 3 is 2.50 bits per heavy atom. The average molecular weight is 431 g/mol. The van der Waals surface area contributed by atoms with Gasteiger partial charge in [-0.3, -0.25) is 10.1 Å². The first-order valence-electron chi connectivity index (χ1n) is 9.90. The van der Waals surface area contributed by atoms with Crippen molar-refractivity contribution >= 4 is 22.7 Å². The van der Waals surface area contributed by atoms with Crippen LogP contribution in [0.15, 0.2) is 79.0 Å². The monoisotopic (exact) mass is 431 g/mol. The zero-order chi connectivity index (χ0) is 22.3. The zero-order valence-electron chi connectivity index (χ0n) is 16.7. The van der Waals surface area contributed by atoms with Crippen LogP contribution in [0.1, 0.15) is 5.56 Å². The van der Waals surface area contributed by atoms with E-state index in [2.05, 4.69) is 10.6 Å². The Labute approximate surface area is 182 Å². The van der Waals surface area contributed by atoms with Crippen LogP contribution in [0.3, 0.4) is 0 Å². The number of fused-ring (bicyclic) bond motifs is 1. The summed E-state index contributed by atoms with van der Waals surface area (Å²) in [6.07, 6.45) is 1.60. The summed E-state index contributed by atoms with van der Waals surface area (Å²) in [6.45, 7) is -0.137. The van der Waals surface area contributed by atoms with Crippen LogP contribution in [-0.2, 0) is 16.9 Å². The summed E-state index contributed by atoms with van der Waals surface area (Å²) >= 11 is 0. The van der Waals surface area contributed by atoms with Crippen LogP contribution >= 0.6 is 0 Å². The van der Waals surface area contributed by atoms with Crippen molar-refractivity contribution in [3.63, 3.8) is 0 Å². The summed E-state index contributed by atoms with van der Waals surface area (Å²) in [5.41, 5.74) is -1.15. The third-order valence-corrected chi connectivity index (χ3v) is 5.49. The number of nitrogens with one attached hydrogen (secondary N) is 2. The molecule has 4 aromatic rings. The molecule has 5 rings (SSSR count). The van der Waals surface area contributed by atoms with Gasteiger partial charge in [0, 0.05) is 22.5 Å². The van der Waals surface area contributed by atoms with Crippen LogP contribution in [0, 0.1) is 5.82 Å². The minimum atomic E-state index is -1.56. The molecule has 1 fully saturated rings. The predicted molar refractivity (Wildman–Crippen MR) is 115 cm³/mol. The van der Waals surface area contributed by atoms with Crippen molar-refractivity contribution in [2.45, 2.75) is 12.1 Å². The minimum absolute atomic E-state index is 0.137. The van der Waals surface area contributed by atoms with Crippen molar-refractivity contribution in [2.24, 2.45) is 0 Å². The van der Waals surface area contributed by atoms with E-state index in [1.165, 1.54) is 22.8 Å². The number of hydrogen-bond donors (Lipinski definition) is 3. The highest BCUT2D eigenvalue weighted by Gasteiger charge is 2.50. The lowest BCUT2D eigenvalue weighted by Crippen LogP contribution is -2.47. The minimum Gasteiger partial charge on any atom is -0.494 e. The lowest BCUT2D eigenvalue weighted by molar-refractivity contribution is -0.124. The average Bonchev–Trinajstić information content (AvgIpc) is 3.24. The first-order valence-corrected chi connectivity index (χ1v) is 9.90. The number of aromatic hydroxyl groups is 1. The summed E-state index contributed by atoms with van der Waals surface area (Å²) in [5, 5.41) is 16.6. The van der Waals surface area contributed by atoms with Gasteiger partial charge in [0.2, 0.25) is 0 Å². The first kappa shape index (κ1) is 19.6. The van der Waals surface area contributed by atoms with Gasteiger partial charge in [-0.1, -0.05) is 36.4 Å². The fourth-order valence-electron chi connectivity index (χ4n) is 4.00. The third-order valence-electron chi connectivity index (χ3n) is 5.49. The Hall–Kier alpha value is -4.33. The maximum Gasteiger partial charge on any atom is 0.322 e. The van der Waals surface area contributed by atoms with E-state index < -0.39 is 23.3 Å². The van der Waals surface area contributed by atoms with Crippen LogP contribution in [0.4, 0.5) is 9.18 Å². The molecule has 0 bridgehead atoms. The lowest BCUT2D eigenvalue weighted by atomic mass is 9.88. The van der Waals surface area contributed by atoms with E-state index in [1.807, 2.05) is 18.2 Å². The van der Waals surface area contributed by atoms with E-state index >= 15 is 0 Å². The number of imide groups is 1. The Bertz CT molecular complexity index is 1350. The third kappa shape index (κ3) is 3.22. The standard InChI is InChI=1S/C24H18FN3O4/c25-16-11-10-15-13-28(21(29)18(15)12-16)14-24(22(30)26-23(31)27-24)19-8-4-5-9-20(19)32-17-6-2-1-3-7-17/h1-13,29H,14H2,(H2,26,27,30,31). The molecule has 0 saturated carbocycles. The van der Waals surface area contributed by atoms with E-state index in [9.17, 15) is 19.1 Å². The number of nitrogens with zero attached hydrogens (tertiary/aromatic N) is 1. The molecule has 3 amide bonds. The Kier molecular flexibility index (Phi) is 4.55. The molecule has 0 spiro atoms. The molecule has 0 aliphatic carbocycles. The van der Waals surface area contributed by atoms with Gasteiger partial charge < -0.3 is 19.7 Å². The summed E-state index contributed by atoms with van der Waals surface area (Å²) < 4.78 is 21.1. The second-order valence-corrected chi connectivity index (χ2v) is 7.54. The summed E-state index contributed by atoms with van der Waals surface area (Å²) in [5.74, 6) is -0.360. The molecule has 32 heavy (non-hydrogen) atoms.